The molecule has 0 radical (unpaired) electrons. The number of hydrogen-bond acceptors (Lipinski definition) is 7. The molecule has 1 aliphatic heterocycles. The lowest BCUT2D eigenvalue weighted by atomic mass is 10.1. The lowest BCUT2D eigenvalue weighted by Crippen LogP contribution is -2.26. The SMILES string of the molecule is Cc1nonc1C1CCCN1Cc1cnc(S(=O)(=O)C(C)C)n1CCC(C)C. The van der Waals surface area contributed by atoms with Gasteiger partial charge < -0.3 is 4.57 Å². The van der Waals surface area contributed by atoms with E-state index in [0.29, 0.717) is 19.0 Å². The van der Waals surface area contributed by atoms with E-state index < -0.39 is 15.1 Å². The van der Waals surface area contributed by atoms with E-state index in [1.54, 1.807) is 20.0 Å². The van der Waals surface area contributed by atoms with Crippen molar-refractivity contribution in [1.82, 2.24) is 24.8 Å². The van der Waals surface area contributed by atoms with Gasteiger partial charge in [0, 0.05) is 13.1 Å². The van der Waals surface area contributed by atoms with Gasteiger partial charge in [-0.2, -0.15) is 0 Å². The minimum Gasteiger partial charge on any atom is -0.318 e. The molecule has 8 nitrogen and oxygen atoms in total. The average molecular weight is 410 g/mol. The van der Waals surface area contributed by atoms with E-state index in [9.17, 15) is 8.42 Å². The molecule has 2 aromatic heterocycles. The van der Waals surface area contributed by atoms with Gasteiger partial charge in [0.1, 0.15) is 11.4 Å². The summed E-state index contributed by atoms with van der Waals surface area (Å²) < 4.78 is 32.4. The summed E-state index contributed by atoms with van der Waals surface area (Å²) >= 11 is 0. The highest BCUT2D eigenvalue weighted by atomic mass is 32.2. The monoisotopic (exact) mass is 409 g/mol. The summed E-state index contributed by atoms with van der Waals surface area (Å²) in [4.78, 5) is 6.66. The molecule has 3 rings (SSSR count). The maximum absolute atomic E-state index is 12.8. The van der Waals surface area contributed by atoms with Crippen molar-refractivity contribution >= 4 is 9.84 Å². The van der Waals surface area contributed by atoms with Crippen LogP contribution in [-0.2, 0) is 22.9 Å². The van der Waals surface area contributed by atoms with Crippen molar-refractivity contribution in [3.63, 3.8) is 0 Å². The van der Waals surface area contributed by atoms with E-state index >= 15 is 0 Å². The molecule has 2 aromatic rings. The zero-order chi connectivity index (χ0) is 20.5. The van der Waals surface area contributed by atoms with Crippen molar-refractivity contribution in [2.75, 3.05) is 6.54 Å². The Hall–Kier alpha value is -1.74. The number of likely N-dealkylation sites (tertiary alicyclic amines) is 1. The molecule has 1 saturated heterocycles. The standard InChI is InChI=1S/C19H31N5O3S/c1-13(2)8-10-24-16(11-20-19(24)28(25,26)14(3)4)12-23-9-6-7-17(23)18-15(5)21-27-22-18/h11,13-14,17H,6-10,12H2,1-5H3. The smallest absolute Gasteiger partial charge is 0.228 e. The highest BCUT2D eigenvalue weighted by Crippen LogP contribution is 2.33. The highest BCUT2D eigenvalue weighted by Gasteiger charge is 2.32. The van der Waals surface area contributed by atoms with Crippen LogP contribution in [0.3, 0.4) is 0 Å². The Morgan fingerprint density at radius 1 is 1.25 bits per heavy atom. The number of rotatable bonds is 8. The number of sulfone groups is 1. The van der Waals surface area contributed by atoms with Gasteiger partial charge in [0.15, 0.2) is 0 Å². The Balaban J connectivity index is 1.91. The molecule has 0 N–H and O–H groups in total. The normalized spacial score (nSPS) is 18.6. The first kappa shape index (κ1) is 21.0. The van der Waals surface area contributed by atoms with Crippen LogP contribution < -0.4 is 0 Å². The van der Waals surface area contributed by atoms with E-state index in [4.69, 9.17) is 4.63 Å². The Kier molecular flexibility index (Phi) is 6.24. The summed E-state index contributed by atoms with van der Waals surface area (Å²) in [5, 5.41) is 7.70. The lowest BCUT2D eigenvalue weighted by molar-refractivity contribution is 0.225. The van der Waals surface area contributed by atoms with E-state index in [1.807, 2.05) is 11.5 Å². The van der Waals surface area contributed by atoms with Crippen molar-refractivity contribution in [3.05, 3.63) is 23.3 Å². The minimum atomic E-state index is -3.44. The van der Waals surface area contributed by atoms with Gasteiger partial charge in [-0.1, -0.05) is 24.2 Å². The topological polar surface area (TPSA) is 94.1 Å². The van der Waals surface area contributed by atoms with Gasteiger partial charge in [0.25, 0.3) is 0 Å². The number of hydrogen-bond donors (Lipinski definition) is 0. The second kappa shape index (κ2) is 8.32. The van der Waals surface area contributed by atoms with Gasteiger partial charge in [-0.05, 0) is 52.5 Å². The maximum Gasteiger partial charge on any atom is 0.228 e. The molecule has 0 amide bonds. The van der Waals surface area contributed by atoms with Crippen LogP contribution >= 0.6 is 0 Å². The fraction of sp³-hybridized carbons (Fsp3) is 0.737. The van der Waals surface area contributed by atoms with Crippen LogP contribution in [0.5, 0.6) is 0 Å². The third-order valence-electron chi connectivity index (χ3n) is 5.44. The summed E-state index contributed by atoms with van der Waals surface area (Å²) in [6, 6.07) is 0.143. The zero-order valence-corrected chi connectivity index (χ0v) is 18.2. The van der Waals surface area contributed by atoms with Gasteiger partial charge in [0.2, 0.25) is 15.0 Å². The molecule has 0 spiro atoms. The van der Waals surface area contributed by atoms with E-state index in [2.05, 4.69) is 34.0 Å². The maximum atomic E-state index is 12.8. The number of aryl methyl sites for hydroxylation is 1. The summed E-state index contributed by atoms with van der Waals surface area (Å²) in [6.07, 6.45) is 4.68. The first-order valence-electron chi connectivity index (χ1n) is 10.0. The second-order valence-corrected chi connectivity index (χ2v) is 10.7. The summed E-state index contributed by atoms with van der Waals surface area (Å²) in [5.74, 6) is 0.480. The molecule has 0 aliphatic carbocycles. The second-order valence-electron chi connectivity index (χ2n) is 8.32. The van der Waals surface area contributed by atoms with Crippen LogP contribution in [0.15, 0.2) is 16.0 Å². The van der Waals surface area contributed by atoms with E-state index in [0.717, 1.165) is 42.9 Å². The molecule has 1 atom stereocenters. The van der Waals surface area contributed by atoms with Crippen molar-refractivity contribution in [2.24, 2.45) is 5.92 Å². The van der Waals surface area contributed by atoms with Gasteiger partial charge in [-0.3, -0.25) is 4.90 Å². The highest BCUT2D eigenvalue weighted by molar-refractivity contribution is 7.91. The van der Waals surface area contributed by atoms with Crippen molar-refractivity contribution in [1.29, 1.82) is 0 Å². The van der Waals surface area contributed by atoms with Gasteiger partial charge in [-0.25, -0.2) is 18.0 Å². The lowest BCUT2D eigenvalue weighted by Gasteiger charge is -2.24. The molecule has 3 heterocycles. The molecule has 9 heteroatoms. The minimum absolute atomic E-state index is 0.143. The van der Waals surface area contributed by atoms with Gasteiger partial charge in [0.05, 0.1) is 23.2 Å². The van der Waals surface area contributed by atoms with Crippen LogP contribution in [0.4, 0.5) is 0 Å². The van der Waals surface area contributed by atoms with Crippen LogP contribution in [0.1, 0.15) is 70.1 Å². The molecule has 28 heavy (non-hydrogen) atoms. The molecule has 156 valence electrons. The molecule has 0 bridgehead atoms. The Bertz CT molecular complexity index is 901. The van der Waals surface area contributed by atoms with Crippen molar-refractivity contribution in [2.45, 2.75) is 83.4 Å². The van der Waals surface area contributed by atoms with Crippen molar-refractivity contribution < 1.29 is 13.0 Å². The molecule has 1 aliphatic rings. The molecule has 0 saturated carbocycles. The molecular formula is C19H31N5O3S. The van der Waals surface area contributed by atoms with Gasteiger partial charge in [-0.15, -0.1) is 0 Å². The fourth-order valence-corrected chi connectivity index (χ4v) is 4.79. The summed E-state index contributed by atoms with van der Waals surface area (Å²) in [6.45, 7) is 11.8. The van der Waals surface area contributed by atoms with Crippen LogP contribution in [0.25, 0.3) is 0 Å². The van der Waals surface area contributed by atoms with Crippen molar-refractivity contribution in [3.8, 4) is 0 Å². The zero-order valence-electron chi connectivity index (χ0n) is 17.4. The van der Waals surface area contributed by atoms with Gasteiger partial charge >= 0.3 is 0 Å². The molecule has 1 fully saturated rings. The predicted octanol–water partition coefficient (Wildman–Crippen LogP) is 3.14. The predicted molar refractivity (Wildman–Crippen MR) is 105 cm³/mol. The number of imidazole rings is 1. The van der Waals surface area contributed by atoms with Crippen LogP contribution in [0.2, 0.25) is 0 Å². The first-order chi connectivity index (χ1) is 13.2. The third-order valence-corrected chi connectivity index (χ3v) is 7.51. The first-order valence-corrected chi connectivity index (χ1v) is 11.6. The Morgan fingerprint density at radius 3 is 2.61 bits per heavy atom. The molecular weight excluding hydrogens is 378 g/mol. The van der Waals surface area contributed by atoms with Crippen LogP contribution in [0, 0.1) is 12.8 Å². The Morgan fingerprint density at radius 2 is 2.00 bits per heavy atom. The molecule has 1 unspecified atom stereocenters. The Labute approximate surface area is 167 Å². The third kappa shape index (κ3) is 4.15. The molecule has 0 aromatic carbocycles. The summed E-state index contributed by atoms with van der Waals surface area (Å²) in [5.41, 5.74) is 2.62. The van der Waals surface area contributed by atoms with E-state index in [1.165, 1.54) is 0 Å². The number of nitrogens with zero attached hydrogens (tertiary/aromatic N) is 5. The largest absolute Gasteiger partial charge is 0.318 e. The van der Waals surface area contributed by atoms with E-state index in [-0.39, 0.29) is 11.2 Å². The van der Waals surface area contributed by atoms with Crippen LogP contribution in [-0.4, -0.2) is 45.0 Å². The fourth-order valence-electron chi connectivity index (χ4n) is 3.66. The quantitative estimate of drug-likeness (QED) is 0.661. The summed E-state index contributed by atoms with van der Waals surface area (Å²) in [7, 11) is -3.44. The average Bonchev–Trinajstić information content (AvgIpc) is 3.33. The number of aromatic nitrogens is 4.